The fraction of sp³-hybridized carbons (Fsp3) is 0.364. The van der Waals surface area contributed by atoms with Gasteiger partial charge in [0.25, 0.3) is 5.91 Å². The van der Waals surface area contributed by atoms with Gasteiger partial charge >= 0.3 is 0 Å². The van der Waals surface area contributed by atoms with Crippen LogP contribution >= 0.6 is 0 Å². The molecule has 0 saturated carbocycles. The van der Waals surface area contributed by atoms with E-state index in [4.69, 9.17) is 0 Å². The van der Waals surface area contributed by atoms with Gasteiger partial charge in [-0.05, 0) is 25.5 Å². The monoisotopic (exact) mass is 218 g/mol. The average molecular weight is 218 g/mol. The Bertz CT molecular complexity index is 429. The molecule has 2 rings (SSSR count). The lowest BCUT2D eigenvalue weighted by atomic mass is 10.0. The number of carbonyl (C=O) groups excluding carboxylic acids is 1. The number of anilines is 1. The number of nitrogens with zero attached hydrogens (tertiary/aromatic N) is 2. The maximum absolute atomic E-state index is 11.6. The number of nitrogens with one attached hydrogen (secondary N) is 2. The van der Waals surface area contributed by atoms with Crippen LogP contribution in [0.1, 0.15) is 20.3 Å². The zero-order valence-electron chi connectivity index (χ0n) is 9.32. The predicted molar refractivity (Wildman–Crippen MR) is 62.1 cm³/mol. The Hall–Kier alpha value is -1.91. The Labute approximate surface area is 94.0 Å². The molecule has 1 aliphatic heterocycles. The molecule has 16 heavy (non-hydrogen) atoms. The molecule has 5 heteroatoms. The van der Waals surface area contributed by atoms with Crippen LogP contribution in [0.5, 0.6) is 0 Å². The second kappa shape index (κ2) is 3.92. The molecule has 0 aromatic carbocycles. The van der Waals surface area contributed by atoms with E-state index in [-0.39, 0.29) is 5.91 Å². The third-order valence-corrected chi connectivity index (χ3v) is 2.71. The molecule has 0 radical (unpaired) electrons. The summed E-state index contributed by atoms with van der Waals surface area (Å²) in [4.78, 5) is 19.9. The Morgan fingerprint density at radius 3 is 2.69 bits per heavy atom. The van der Waals surface area contributed by atoms with Crippen LogP contribution in [0, 0.1) is 0 Å². The summed E-state index contributed by atoms with van der Waals surface area (Å²) in [6.07, 6.45) is 4.04. The molecular weight excluding hydrogens is 204 g/mol. The Morgan fingerprint density at radius 1 is 1.44 bits per heavy atom. The molecule has 1 aromatic rings. The highest BCUT2D eigenvalue weighted by atomic mass is 16.2. The predicted octanol–water partition coefficient (Wildman–Crippen LogP) is 1.15. The normalized spacial score (nSPS) is 23.9. The highest BCUT2D eigenvalue weighted by Gasteiger charge is 2.37. The van der Waals surface area contributed by atoms with Crippen molar-refractivity contribution in [2.75, 3.05) is 5.32 Å². The van der Waals surface area contributed by atoms with Crippen LogP contribution in [0.3, 0.4) is 0 Å². The van der Waals surface area contributed by atoms with Crippen molar-refractivity contribution in [1.29, 1.82) is 0 Å². The molecule has 1 amide bonds. The van der Waals surface area contributed by atoms with E-state index in [0.29, 0.717) is 12.4 Å². The quantitative estimate of drug-likeness (QED) is 0.782. The molecule has 1 unspecified atom stereocenters. The summed E-state index contributed by atoms with van der Waals surface area (Å²) in [6, 6.07) is 3.63. The first-order valence-electron chi connectivity index (χ1n) is 5.22. The molecule has 1 aromatic heterocycles. The van der Waals surface area contributed by atoms with Gasteiger partial charge in [0.05, 0.1) is 0 Å². The number of guanidine groups is 1. The summed E-state index contributed by atoms with van der Waals surface area (Å²) in [5, 5.41) is 5.76. The number of aromatic nitrogens is 1. The van der Waals surface area contributed by atoms with Crippen molar-refractivity contribution in [2.24, 2.45) is 4.99 Å². The van der Waals surface area contributed by atoms with Gasteiger partial charge in [-0.15, -0.1) is 0 Å². The minimum absolute atomic E-state index is 0.0634. The highest BCUT2D eigenvalue weighted by molar-refractivity contribution is 6.12. The van der Waals surface area contributed by atoms with Gasteiger partial charge in [-0.25, -0.2) is 4.99 Å². The summed E-state index contributed by atoms with van der Waals surface area (Å²) in [5.74, 6) is 0.437. The van der Waals surface area contributed by atoms with Crippen molar-refractivity contribution in [2.45, 2.75) is 25.8 Å². The van der Waals surface area contributed by atoms with Crippen molar-refractivity contribution in [3.63, 3.8) is 0 Å². The number of amides is 1. The number of pyridine rings is 1. The smallest absolute Gasteiger partial charge is 0.254 e. The van der Waals surface area contributed by atoms with Gasteiger partial charge < -0.3 is 5.32 Å². The molecule has 1 aliphatic rings. The van der Waals surface area contributed by atoms with E-state index >= 15 is 0 Å². The summed E-state index contributed by atoms with van der Waals surface area (Å²) in [5.41, 5.74) is 0.212. The summed E-state index contributed by atoms with van der Waals surface area (Å²) >= 11 is 0. The van der Waals surface area contributed by atoms with Crippen LogP contribution in [0.2, 0.25) is 0 Å². The second-order valence-corrected chi connectivity index (χ2v) is 3.90. The van der Waals surface area contributed by atoms with Crippen LogP contribution < -0.4 is 10.6 Å². The third-order valence-electron chi connectivity index (χ3n) is 2.71. The van der Waals surface area contributed by atoms with E-state index in [0.717, 1.165) is 5.69 Å². The van der Waals surface area contributed by atoms with E-state index in [2.05, 4.69) is 20.6 Å². The van der Waals surface area contributed by atoms with Gasteiger partial charge in [-0.1, -0.05) is 6.92 Å². The van der Waals surface area contributed by atoms with Crippen LogP contribution in [-0.2, 0) is 4.79 Å². The summed E-state index contributed by atoms with van der Waals surface area (Å²) in [6.45, 7) is 3.77. The van der Waals surface area contributed by atoms with Crippen LogP contribution in [0.25, 0.3) is 0 Å². The molecule has 0 spiro atoms. The lowest BCUT2D eigenvalue weighted by Crippen LogP contribution is -2.37. The number of carbonyl (C=O) groups is 1. The minimum Gasteiger partial charge on any atom is -0.326 e. The molecule has 1 atom stereocenters. The number of rotatable bonds is 2. The lowest BCUT2D eigenvalue weighted by Gasteiger charge is -2.12. The van der Waals surface area contributed by atoms with Crippen LogP contribution in [0.15, 0.2) is 29.5 Å². The molecule has 0 aliphatic carbocycles. The Morgan fingerprint density at radius 2 is 2.12 bits per heavy atom. The Balaban J connectivity index is 2.14. The van der Waals surface area contributed by atoms with E-state index in [1.807, 2.05) is 26.0 Å². The lowest BCUT2D eigenvalue weighted by molar-refractivity contribution is -0.123. The third kappa shape index (κ3) is 1.88. The zero-order valence-corrected chi connectivity index (χ0v) is 9.32. The number of hydrogen-bond acceptors (Lipinski definition) is 4. The molecule has 84 valence electrons. The van der Waals surface area contributed by atoms with E-state index in [9.17, 15) is 4.79 Å². The molecule has 2 N–H and O–H groups in total. The maximum atomic E-state index is 11.6. The van der Waals surface area contributed by atoms with Crippen LogP contribution in [0.4, 0.5) is 5.69 Å². The van der Waals surface area contributed by atoms with Crippen molar-refractivity contribution < 1.29 is 4.79 Å². The molecule has 2 heterocycles. The fourth-order valence-electron chi connectivity index (χ4n) is 1.44. The number of aliphatic imine (C=N–C) groups is 1. The SMILES string of the molecule is CCC1(C)N=C(Nc2ccncc2)NC1=O. The van der Waals surface area contributed by atoms with Crippen molar-refractivity contribution in [1.82, 2.24) is 10.3 Å². The first kappa shape index (κ1) is 10.6. The Kier molecular flexibility index (Phi) is 2.60. The highest BCUT2D eigenvalue weighted by Crippen LogP contribution is 2.20. The largest absolute Gasteiger partial charge is 0.326 e. The van der Waals surface area contributed by atoms with Gasteiger partial charge in [0, 0.05) is 18.1 Å². The first-order valence-corrected chi connectivity index (χ1v) is 5.22. The maximum Gasteiger partial charge on any atom is 0.254 e. The van der Waals surface area contributed by atoms with Gasteiger partial charge in [-0.3, -0.25) is 15.1 Å². The van der Waals surface area contributed by atoms with Crippen LogP contribution in [-0.4, -0.2) is 22.4 Å². The fourth-order valence-corrected chi connectivity index (χ4v) is 1.44. The molecule has 0 fully saturated rings. The van der Waals surface area contributed by atoms with Crippen molar-refractivity contribution in [3.05, 3.63) is 24.5 Å². The minimum atomic E-state index is -0.643. The van der Waals surface area contributed by atoms with Gasteiger partial charge in [0.1, 0.15) is 5.54 Å². The van der Waals surface area contributed by atoms with E-state index < -0.39 is 5.54 Å². The van der Waals surface area contributed by atoms with Gasteiger partial charge in [0.15, 0.2) is 0 Å². The molecule has 0 saturated heterocycles. The average Bonchev–Trinajstić information content (AvgIpc) is 2.56. The zero-order chi connectivity index (χ0) is 11.6. The first-order chi connectivity index (χ1) is 7.64. The molecular formula is C11H14N4O. The molecule has 0 bridgehead atoms. The second-order valence-electron chi connectivity index (χ2n) is 3.90. The molecule has 5 nitrogen and oxygen atoms in total. The standard InChI is InChI=1S/C11H14N4O/c1-3-11(2)9(16)14-10(15-11)13-8-4-6-12-7-5-8/h4-7H,3H2,1-2H3,(H2,12,13,14,15,16). The van der Waals surface area contributed by atoms with E-state index in [1.54, 1.807) is 12.4 Å². The summed E-state index contributed by atoms with van der Waals surface area (Å²) in [7, 11) is 0. The number of hydrogen-bond donors (Lipinski definition) is 2. The van der Waals surface area contributed by atoms with Gasteiger partial charge in [-0.2, -0.15) is 0 Å². The van der Waals surface area contributed by atoms with Crippen molar-refractivity contribution in [3.8, 4) is 0 Å². The topological polar surface area (TPSA) is 66.4 Å². The summed E-state index contributed by atoms with van der Waals surface area (Å²) < 4.78 is 0. The van der Waals surface area contributed by atoms with Crippen molar-refractivity contribution >= 4 is 17.6 Å². The van der Waals surface area contributed by atoms with Gasteiger partial charge in [0.2, 0.25) is 5.96 Å². The van der Waals surface area contributed by atoms with E-state index in [1.165, 1.54) is 0 Å².